The predicted molar refractivity (Wildman–Crippen MR) is 44.5 cm³/mol. The molecule has 72 valence electrons. The van der Waals surface area contributed by atoms with E-state index in [1.54, 1.807) is 0 Å². The Morgan fingerprint density at radius 3 is 2.64 bits per heavy atom. The molecule has 6 heteroatoms. The van der Waals surface area contributed by atoms with Crippen molar-refractivity contribution in [2.24, 2.45) is 5.92 Å². The van der Waals surface area contributed by atoms with Crippen LogP contribution in [0, 0.1) is 16.0 Å². The number of hydrogen-bond acceptors (Lipinski definition) is 4. The van der Waals surface area contributed by atoms with Crippen LogP contribution in [0.25, 0.3) is 0 Å². The van der Waals surface area contributed by atoms with Crippen LogP contribution in [0.4, 0.5) is 0 Å². The summed E-state index contributed by atoms with van der Waals surface area (Å²) in [4.78, 5) is 30.5. The molecule has 0 saturated heterocycles. The molecule has 1 aliphatic rings. The predicted octanol–water partition coefficient (Wildman–Crippen LogP) is 0.176. The second-order valence-corrected chi connectivity index (χ2v) is 2.56. The fraction of sp³-hybridized carbons (Fsp3) is 0.125. The van der Waals surface area contributed by atoms with Gasteiger partial charge in [0, 0.05) is 12.2 Å². The summed E-state index contributed by atoms with van der Waals surface area (Å²) in [5.41, 5.74) is -0.459. The lowest BCUT2D eigenvalue weighted by molar-refractivity contribution is -0.419. The van der Waals surface area contributed by atoms with Crippen LogP contribution in [0.2, 0.25) is 0 Å². The normalized spacial score (nSPS) is 19.9. The van der Waals surface area contributed by atoms with Crippen molar-refractivity contribution in [3.05, 3.63) is 39.6 Å². The Labute approximate surface area is 78.0 Å². The van der Waals surface area contributed by atoms with Crippen molar-refractivity contribution in [3.8, 4) is 0 Å². The standard InChI is InChI=1S/C8H5NO5/c10-4-5-1-2-6(9(13)14)3-7(5)8(11)12/h1-3,7H,(H,11,12). The molecular weight excluding hydrogens is 190 g/mol. The molecule has 0 aromatic rings. The van der Waals surface area contributed by atoms with Gasteiger partial charge in [-0.3, -0.25) is 14.9 Å². The summed E-state index contributed by atoms with van der Waals surface area (Å²) in [7, 11) is 0. The van der Waals surface area contributed by atoms with E-state index in [4.69, 9.17) is 5.11 Å². The number of carboxylic acid groups (broad SMARTS) is 1. The van der Waals surface area contributed by atoms with Gasteiger partial charge in [-0.2, -0.15) is 0 Å². The van der Waals surface area contributed by atoms with Gasteiger partial charge in [-0.15, -0.1) is 0 Å². The van der Waals surface area contributed by atoms with E-state index in [1.807, 2.05) is 0 Å². The first-order valence-corrected chi connectivity index (χ1v) is 3.58. The van der Waals surface area contributed by atoms with Crippen molar-refractivity contribution < 1.29 is 19.6 Å². The Kier molecular flexibility index (Phi) is 2.59. The number of nitrogens with zero attached hydrogens (tertiary/aromatic N) is 1. The lowest BCUT2D eigenvalue weighted by Gasteiger charge is -2.08. The van der Waals surface area contributed by atoms with Crippen molar-refractivity contribution in [1.82, 2.24) is 0 Å². The zero-order valence-electron chi connectivity index (χ0n) is 6.84. The third kappa shape index (κ3) is 1.75. The first-order chi connectivity index (χ1) is 6.56. The van der Waals surface area contributed by atoms with Crippen LogP contribution < -0.4 is 0 Å². The van der Waals surface area contributed by atoms with Crippen molar-refractivity contribution in [3.63, 3.8) is 0 Å². The Morgan fingerprint density at radius 2 is 2.21 bits per heavy atom. The highest BCUT2D eigenvalue weighted by Crippen LogP contribution is 2.20. The Bertz CT molecular complexity index is 400. The van der Waals surface area contributed by atoms with E-state index in [-0.39, 0.29) is 11.3 Å². The molecule has 0 spiro atoms. The van der Waals surface area contributed by atoms with Crippen LogP contribution in [-0.2, 0) is 9.59 Å². The minimum Gasteiger partial charge on any atom is -0.481 e. The van der Waals surface area contributed by atoms with Gasteiger partial charge >= 0.3 is 5.97 Å². The van der Waals surface area contributed by atoms with Crippen LogP contribution in [-0.4, -0.2) is 21.9 Å². The number of nitro groups is 1. The SMILES string of the molecule is O=C=C1C=CC([N+](=O)[O-])=CC1C(=O)O. The van der Waals surface area contributed by atoms with Gasteiger partial charge in [0.1, 0.15) is 11.9 Å². The number of carboxylic acids is 1. The van der Waals surface area contributed by atoms with Crippen LogP contribution in [0.3, 0.4) is 0 Å². The maximum Gasteiger partial charge on any atom is 0.315 e. The summed E-state index contributed by atoms with van der Waals surface area (Å²) < 4.78 is 0. The molecule has 0 saturated carbocycles. The fourth-order valence-corrected chi connectivity index (χ4v) is 1.02. The van der Waals surface area contributed by atoms with Crippen molar-refractivity contribution in [2.45, 2.75) is 0 Å². The summed E-state index contributed by atoms with van der Waals surface area (Å²) in [6, 6.07) is 0. The molecule has 1 atom stereocenters. The molecule has 1 N–H and O–H groups in total. The minimum absolute atomic E-state index is 0.122. The molecule has 14 heavy (non-hydrogen) atoms. The van der Waals surface area contributed by atoms with Crippen LogP contribution in [0.1, 0.15) is 0 Å². The van der Waals surface area contributed by atoms with Crippen LogP contribution in [0.15, 0.2) is 29.5 Å². The monoisotopic (exact) mass is 195 g/mol. The van der Waals surface area contributed by atoms with Crippen LogP contribution in [0.5, 0.6) is 0 Å². The quantitative estimate of drug-likeness (QED) is 0.385. The minimum atomic E-state index is -1.31. The molecule has 0 heterocycles. The van der Waals surface area contributed by atoms with Gasteiger partial charge < -0.3 is 5.11 Å². The average molecular weight is 195 g/mol. The van der Waals surface area contributed by atoms with E-state index < -0.39 is 16.8 Å². The molecule has 0 fully saturated rings. The van der Waals surface area contributed by atoms with Crippen LogP contribution >= 0.6 is 0 Å². The second kappa shape index (κ2) is 3.68. The summed E-state index contributed by atoms with van der Waals surface area (Å²) >= 11 is 0. The molecule has 1 unspecified atom stereocenters. The van der Waals surface area contributed by atoms with Crippen molar-refractivity contribution >= 4 is 11.9 Å². The number of rotatable bonds is 2. The lowest BCUT2D eigenvalue weighted by atomic mass is 9.95. The zero-order chi connectivity index (χ0) is 10.7. The van der Waals surface area contributed by atoms with E-state index in [0.29, 0.717) is 0 Å². The highest BCUT2D eigenvalue weighted by atomic mass is 16.6. The summed E-state index contributed by atoms with van der Waals surface area (Å²) in [6.45, 7) is 0. The molecular formula is C8H5NO5. The van der Waals surface area contributed by atoms with Gasteiger partial charge in [-0.05, 0) is 6.08 Å². The first-order valence-electron chi connectivity index (χ1n) is 3.58. The molecule has 0 bridgehead atoms. The maximum atomic E-state index is 10.6. The third-order valence-electron chi connectivity index (χ3n) is 1.70. The van der Waals surface area contributed by atoms with Crippen molar-refractivity contribution in [2.75, 3.05) is 0 Å². The zero-order valence-corrected chi connectivity index (χ0v) is 6.84. The summed E-state index contributed by atoms with van der Waals surface area (Å²) in [5.74, 6) is -1.17. The molecule has 0 radical (unpaired) electrons. The van der Waals surface area contributed by atoms with Gasteiger partial charge in [0.25, 0.3) is 5.70 Å². The van der Waals surface area contributed by atoms with Gasteiger partial charge in [-0.1, -0.05) is 0 Å². The van der Waals surface area contributed by atoms with E-state index in [0.717, 1.165) is 18.2 Å². The molecule has 1 aliphatic carbocycles. The van der Waals surface area contributed by atoms with Gasteiger partial charge in [0.15, 0.2) is 0 Å². The molecule has 0 aliphatic heterocycles. The molecule has 0 aromatic heterocycles. The maximum absolute atomic E-state index is 10.6. The lowest BCUT2D eigenvalue weighted by Crippen LogP contribution is -2.17. The second-order valence-electron chi connectivity index (χ2n) is 2.56. The average Bonchev–Trinajstić information content (AvgIpc) is 2.16. The van der Waals surface area contributed by atoms with E-state index in [9.17, 15) is 19.7 Å². The fourth-order valence-electron chi connectivity index (χ4n) is 1.02. The van der Waals surface area contributed by atoms with Gasteiger partial charge in [-0.25, -0.2) is 4.79 Å². The molecule has 0 amide bonds. The third-order valence-corrected chi connectivity index (χ3v) is 1.70. The topological polar surface area (TPSA) is 97.5 Å². The van der Waals surface area contributed by atoms with E-state index >= 15 is 0 Å². The summed E-state index contributed by atoms with van der Waals surface area (Å²) in [6.07, 6.45) is 3.06. The highest BCUT2D eigenvalue weighted by molar-refractivity contribution is 5.82. The molecule has 6 nitrogen and oxygen atoms in total. The first kappa shape index (κ1) is 9.88. The Balaban J connectivity index is 3.13. The number of aliphatic carboxylic acids is 1. The Hall–Kier alpha value is -2.20. The van der Waals surface area contributed by atoms with Crippen molar-refractivity contribution in [1.29, 1.82) is 0 Å². The largest absolute Gasteiger partial charge is 0.481 e. The van der Waals surface area contributed by atoms with Gasteiger partial charge in [0.05, 0.1) is 10.5 Å². The highest BCUT2D eigenvalue weighted by Gasteiger charge is 2.26. The number of carbonyl (C=O) groups excluding carboxylic acids is 1. The number of allylic oxidation sites excluding steroid dienone is 2. The number of carbonyl (C=O) groups is 1. The summed E-state index contributed by atoms with van der Waals surface area (Å²) in [5, 5.41) is 18.9. The molecule has 1 rings (SSSR count). The Morgan fingerprint density at radius 1 is 1.57 bits per heavy atom. The van der Waals surface area contributed by atoms with E-state index in [1.165, 1.54) is 5.94 Å². The van der Waals surface area contributed by atoms with Gasteiger partial charge in [0.2, 0.25) is 0 Å². The number of hydrogen-bond donors (Lipinski definition) is 1. The molecule has 0 aromatic carbocycles. The van der Waals surface area contributed by atoms with E-state index in [2.05, 4.69) is 0 Å². The smallest absolute Gasteiger partial charge is 0.315 e.